The van der Waals surface area contributed by atoms with E-state index in [1.807, 2.05) is 25.1 Å². The normalized spacial score (nSPS) is 18.5. The third kappa shape index (κ3) is 3.05. The third-order valence-corrected chi connectivity index (χ3v) is 4.20. The number of rotatable bonds is 2. The van der Waals surface area contributed by atoms with Crippen molar-refractivity contribution in [3.63, 3.8) is 0 Å². The van der Waals surface area contributed by atoms with Gasteiger partial charge in [-0.1, -0.05) is 11.2 Å². The number of carbonyl (C=O) groups is 1. The molecule has 6 nitrogen and oxygen atoms in total. The summed E-state index contributed by atoms with van der Waals surface area (Å²) in [5.41, 5.74) is 1.75. The fourth-order valence-electron chi connectivity index (χ4n) is 2.40. The average Bonchev–Trinajstić information content (AvgIpc) is 2.93. The van der Waals surface area contributed by atoms with Crippen LogP contribution in [0.2, 0.25) is 0 Å². The van der Waals surface area contributed by atoms with Crippen molar-refractivity contribution in [2.24, 2.45) is 0 Å². The van der Waals surface area contributed by atoms with E-state index in [4.69, 9.17) is 9.26 Å². The molecular weight excluding hydrogens is 350 g/mol. The van der Waals surface area contributed by atoms with Crippen LogP contribution in [0, 0.1) is 13.8 Å². The number of hydrogen-bond donors (Lipinski definition) is 0. The molecule has 0 bridgehead atoms. The van der Waals surface area contributed by atoms with Crippen molar-refractivity contribution in [3.8, 4) is 0 Å². The van der Waals surface area contributed by atoms with E-state index in [9.17, 15) is 4.79 Å². The number of aromatic nitrogens is 2. The van der Waals surface area contributed by atoms with Crippen molar-refractivity contribution in [1.82, 2.24) is 15.0 Å². The molecule has 1 unspecified atom stereocenters. The van der Waals surface area contributed by atoms with E-state index in [2.05, 4.69) is 26.1 Å². The fraction of sp³-hybridized carbons (Fsp3) is 0.400. The second kappa shape index (κ2) is 6.18. The SMILES string of the molecule is Cc1ccc(C(=O)N2CCOC(c3noc(C)n3)C2)c(Br)c1. The maximum absolute atomic E-state index is 12.7. The Morgan fingerprint density at radius 1 is 1.41 bits per heavy atom. The maximum atomic E-state index is 12.7. The van der Waals surface area contributed by atoms with Gasteiger partial charge in [0.25, 0.3) is 5.91 Å². The van der Waals surface area contributed by atoms with Crippen molar-refractivity contribution < 1.29 is 14.1 Å². The van der Waals surface area contributed by atoms with Crippen LogP contribution < -0.4 is 0 Å². The number of hydrogen-bond acceptors (Lipinski definition) is 5. The number of ether oxygens (including phenoxy) is 1. The first-order valence-electron chi connectivity index (χ1n) is 7.02. The van der Waals surface area contributed by atoms with Crippen molar-refractivity contribution >= 4 is 21.8 Å². The molecule has 0 spiro atoms. The summed E-state index contributed by atoms with van der Waals surface area (Å²) in [4.78, 5) is 18.6. The topological polar surface area (TPSA) is 68.5 Å². The lowest BCUT2D eigenvalue weighted by molar-refractivity contribution is -0.0276. The summed E-state index contributed by atoms with van der Waals surface area (Å²) in [7, 11) is 0. The summed E-state index contributed by atoms with van der Waals surface area (Å²) in [6.07, 6.45) is -0.348. The molecule has 1 aromatic carbocycles. The van der Waals surface area contributed by atoms with Crippen LogP contribution in [0.4, 0.5) is 0 Å². The molecule has 1 atom stereocenters. The monoisotopic (exact) mass is 365 g/mol. The molecule has 0 radical (unpaired) electrons. The van der Waals surface area contributed by atoms with Gasteiger partial charge in [-0.25, -0.2) is 0 Å². The van der Waals surface area contributed by atoms with Gasteiger partial charge in [-0.2, -0.15) is 4.98 Å². The summed E-state index contributed by atoms with van der Waals surface area (Å²) in [6, 6.07) is 5.71. The largest absolute Gasteiger partial charge is 0.366 e. The van der Waals surface area contributed by atoms with E-state index in [0.717, 1.165) is 10.0 Å². The van der Waals surface area contributed by atoms with Crippen LogP contribution in [-0.2, 0) is 4.74 Å². The number of benzene rings is 1. The molecule has 1 aliphatic rings. The summed E-state index contributed by atoms with van der Waals surface area (Å²) >= 11 is 3.46. The minimum Gasteiger partial charge on any atom is -0.366 e. The number of morpholine rings is 1. The molecule has 2 heterocycles. The van der Waals surface area contributed by atoms with Gasteiger partial charge in [0.1, 0.15) is 6.10 Å². The van der Waals surface area contributed by atoms with Gasteiger partial charge in [-0.15, -0.1) is 0 Å². The van der Waals surface area contributed by atoms with Crippen molar-refractivity contribution in [1.29, 1.82) is 0 Å². The lowest BCUT2D eigenvalue weighted by atomic mass is 10.1. The summed E-state index contributed by atoms with van der Waals surface area (Å²) in [6.45, 7) is 5.13. The van der Waals surface area contributed by atoms with Crippen molar-refractivity contribution in [3.05, 3.63) is 45.5 Å². The Hall–Kier alpha value is -1.73. The first-order valence-corrected chi connectivity index (χ1v) is 7.81. The molecule has 2 aromatic rings. The lowest BCUT2D eigenvalue weighted by Crippen LogP contribution is -2.42. The molecule has 0 aliphatic carbocycles. The van der Waals surface area contributed by atoms with Gasteiger partial charge in [0.05, 0.1) is 18.7 Å². The summed E-state index contributed by atoms with van der Waals surface area (Å²) in [5.74, 6) is 0.946. The van der Waals surface area contributed by atoms with Gasteiger partial charge in [-0.3, -0.25) is 4.79 Å². The van der Waals surface area contributed by atoms with Crippen LogP contribution in [0.3, 0.4) is 0 Å². The van der Waals surface area contributed by atoms with Crippen molar-refractivity contribution in [2.75, 3.05) is 19.7 Å². The highest BCUT2D eigenvalue weighted by atomic mass is 79.9. The Balaban J connectivity index is 1.78. The summed E-state index contributed by atoms with van der Waals surface area (Å²) in [5, 5.41) is 3.88. The fourth-order valence-corrected chi connectivity index (χ4v) is 3.06. The quantitative estimate of drug-likeness (QED) is 0.818. The van der Waals surface area contributed by atoms with Crippen LogP contribution >= 0.6 is 15.9 Å². The Bertz CT molecular complexity index is 701. The number of carbonyl (C=O) groups excluding carboxylic acids is 1. The molecule has 1 aliphatic heterocycles. The van der Waals surface area contributed by atoms with Crippen LogP contribution in [-0.4, -0.2) is 40.6 Å². The van der Waals surface area contributed by atoms with E-state index >= 15 is 0 Å². The van der Waals surface area contributed by atoms with Crippen LogP contribution in [0.1, 0.15) is 33.7 Å². The minimum atomic E-state index is -0.348. The first-order chi connectivity index (χ1) is 10.5. The van der Waals surface area contributed by atoms with Gasteiger partial charge in [0, 0.05) is 17.9 Å². The van der Waals surface area contributed by atoms with Crippen LogP contribution in [0.15, 0.2) is 27.2 Å². The molecular formula is C15H16BrN3O3. The lowest BCUT2D eigenvalue weighted by Gasteiger charge is -2.31. The molecule has 1 saturated heterocycles. The highest BCUT2D eigenvalue weighted by molar-refractivity contribution is 9.10. The first kappa shape index (κ1) is 15.2. The molecule has 3 rings (SSSR count). The standard InChI is InChI=1S/C15H16BrN3O3/c1-9-3-4-11(12(16)7-9)15(20)19-5-6-21-13(8-19)14-17-10(2)22-18-14/h3-4,7,13H,5-6,8H2,1-2H3. The Morgan fingerprint density at radius 3 is 2.91 bits per heavy atom. The van der Waals surface area contributed by atoms with Crippen LogP contribution in [0.5, 0.6) is 0 Å². The Labute approximate surface area is 136 Å². The third-order valence-electron chi connectivity index (χ3n) is 3.54. The van der Waals surface area contributed by atoms with E-state index in [1.54, 1.807) is 11.8 Å². The second-order valence-electron chi connectivity index (χ2n) is 5.27. The zero-order valence-corrected chi connectivity index (χ0v) is 14.0. The van der Waals surface area contributed by atoms with E-state index in [0.29, 0.717) is 37.0 Å². The van der Waals surface area contributed by atoms with Gasteiger partial charge in [-0.05, 0) is 40.5 Å². The molecule has 0 N–H and O–H groups in total. The number of halogens is 1. The van der Waals surface area contributed by atoms with Gasteiger partial charge < -0.3 is 14.2 Å². The number of aryl methyl sites for hydroxylation is 2. The van der Waals surface area contributed by atoms with Crippen molar-refractivity contribution in [2.45, 2.75) is 20.0 Å². The zero-order chi connectivity index (χ0) is 15.7. The maximum Gasteiger partial charge on any atom is 0.255 e. The molecule has 116 valence electrons. The highest BCUT2D eigenvalue weighted by Gasteiger charge is 2.29. The molecule has 1 fully saturated rings. The smallest absolute Gasteiger partial charge is 0.255 e. The molecule has 1 aromatic heterocycles. The number of nitrogens with zero attached hydrogens (tertiary/aromatic N) is 3. The molecule has 0 saturated carbocycles. The Kier molecular flexibility index (Phi) is 4.26. The molecule has 7 heteroatoms. The molecule has 22 heavy (non-hydrogen) atoms. The zero-order valence-electron chi connectivity index (χ0n) is 12.4. The minimum absolute atomic E-state index is 0.0274. The van der Waals surface area contributed by atoms with E-state index in [-0.39, 0.29) is 12.0 Å². The second-order valence-corrected chi connectivity index (χ2v) is 6.12. The van der Waals surface area contributed by atoms with Gasteiger partial charge in [0.15, 0.2) is 0 Å². The Morgan fingerprint density at radius 2 is 2.23 bits per heavy atom. The molecule has 1 amide bonds. The number of amides is 1. The predicted molar refractivity (Wildman–Crippen MR) is 82.5 cm³/mol. The van der Waals surface area contributed by atoms with Crippen LogP contribution in [0.25, 0.3) is 0 Å². The predicted octanol–water partition coefficient (Wildman–Crippen LogP) is 2.66. The summed E-state index contributed by atoms with van der Waals surface area (Å²) < 4.78 is 11.4. The highest BCUT2D eigenvalue weighted by Crippen LogP contribution is 2.24. The van der Waals surface area contributed by atoms with Gasteiger partial charge in [0.2, 0.25) is 11.7 Å². The average molecular weight is 366 g/mol. The van der Waals surface area contributed by atoms with E-state index < -0.39 is 0 Å². The van der Waals surface area contributed by atoms with E-state index in [1.165, 1.54) is 0 Å². The van der Waals surface area contributed by atoms with Gasteiger partial charge >= 0.3 is 0 Å².